The molecule has 1 rings (SSSR count). The smallest absolute Gasteiger partial charge is 0.222 e. The Bertz CT molecular complexity index is 390. The summed E-state index contributed by atoms with van der Waals surface area (Å²) in [6.45, 7) is 1.90. The summed E-state index contributed by atoms with van der Waals surface area (Å²) in [5, 5.41) is 2.64. The molecule has 4 heteroatoms. The van der Waals surface area contributed by atoms with Gasteiger partial charge in [0.05, 0.1) is 14.2 Å². The summed E-state index contributed by atoms with van der Waals surface area (Å²) in [5.41, 5.74) is 1.05. The van der Waals surface area contributed by atoms with Crippen LogP contribution in [0.2, 0.25) is 0 Å². The van der Waals surface area contributed by atoms with E-state index in [0.717, 1.165) is 5.56 Å². The van der Waals surface area contributed by atoms with Gasteiger partial charge in [0.2, 0.25) is 5.91 Å². The summed E-state index contributed by atoms with van der Waals surface area (Å²) in [4.78, 5) is 11.4. The first-order valence-corrected chi connectivity index (χ1v) is 5.54. The number of nitrogens with one attached hydrogen (secondary N) is 1. The Morgan fingerprint density at radius 2 is 1.94 bits per heavy atom. The maximum Gasteiger partial charge on any atom is 0.222 e. The molecule has 1 atom stereocenters. The maximum absolute atomic E-state index is 11.4. The van der Waals surface area contributed by atoms with Crippen LogP contribution in [0, 0.1) is 5.92 Å². The first kappa shape index (κ1) is 13.4. The number of amides is 1. The standard InChI is InChI=1S/C13H19NO3/c1-9(13(15)14-2)7-10-5-6-11(16-3)12(8-10)17-4/h5-6,8-9H,7H2,1-4H3,(H,14,15). The lowest BCUT2D eigenvalue weighted by molar-refractivity contribution is -0.123. The number of hydrogen-bond donors (Lipinski definition) is 1. The normalized spacial score (nSPS) is 11.8. The minimum atomic E-state index is -0.0573. The topological polar surface area (TPSA) is 47.6 Å². The molecule has 17 heavy (non-hydrogen) atoms. The van der Waals surface area contributed by atoms with Gasteiger partial charge in [-0.25, -0.2) is 0 Å². The minimum Gasteiger partial charge on any atom is -0.493 e. The number of rotatable bonds is 5. The van der Waals surface area contributed by atoms with E-state index in [4.69, 9.17) is 9.47 Å². The largest absolute Gasteiger partial charge is 0.493 e. The summed E-state index contributed by atoms with van der Waals surface area (Å²) < 4.78 is 10.4. The minimum absolute atomic E-state index is 0.0415. The molecule has 1 N–H and O–H groups in total. The molecule has 0 bridgehead atoms. The molecule has 1 aromatic carbocycles. The van der Waals surface area contributed by atoms with E-state index in [-0.39, 0.29) is 11.8 Å². The SMILES string of the molecule is CNC(=O)C(C)Cc1ccc(OC)c(OC)c1. The fourth-order valence-corrected chi connectivity index (χ4v) is 1.70. The number of benzene rings is 1. The number of methoxy groups -OCH3 is 2. The van der Waals surface area contributed by atoms with Crippen molar-refractivity contribution in [2.24, 2.45) is 5.92 Å². The van der Waals surface area contributed by atoms with E-state index in [0.29, 0.717) is 17.9 Å². The molecule has 1 aromatic rings. The van der Waals surface area contributed by atoms with Crippen molar-refractivity contribution in [2.45, 2.75) is 13.3 Å². The molecule has 0 aromatic heterocycles. The molecule has 0 fully saturated rings. The van der Waals surface area contributed by atoms with E-state index < -0.39 is 0 Å². The van der Waals surface area contributed by atoms with Gasteiger partial charge in [0.25, 0.3) is 0 Å². The molecular weight excluding hydrogens is 218 g/mol. The number of carbonyl (C=O) groups is 1. The molecule has 0 spiro atoms. The van der Waals surface area contributed by atoms with Crippen LogP contribution >= 0.6 is 0 Å². The predicted molar refractivity (Wildman–Crippen MR) is 66.5 cm³/mol. The highest BCUT2D eigenvalue weighted by atomic mass is 16.5. The lowest BCUT2D eigenvalue weighted by Gasteiger charge is -2.12. The molecule has 94 valence electrons. The van der Waals surface area contributed by atoms with Gasteiger partial charge in [-0.15, -0.1) is 0 Å². The lowest BCUT2D eigenvalue weighted by atomic mass is 10.00. The van der Waals surface area contributed by atoms with Gasteiger partial charge in [-0.3, -0.25) is 4.79 Å². The Morgan fingerprint density at radius 3 is 2.47 bits per heavy atom. The number of ether oxygens (including phenoxy) is 2. The van der Waals surface area contributed by atoms with Crippen molar-refractivity contribution in [3.8, 4) is 11.5 Å². The van der Waals surface area contributed by atoms with Gasteiger partial charge in [-0.05, 0) is 24.1 Å². The average molecular weight is 237 g/mol. The van der Waals surface area contributed by atoms with Crippen LogP contribution in [0.4, 0.5) is 0 Å². The molecule has 0 saturated heterocycles. The van der Waals surface area contributed by atoms with Gasteiger partial charge in [0.1, 0.15) is 0 Å². The number of hydrogen-bond acceptors (Lipinski definition) is 3. The van der Waals surface area contributed by atoms with Crippen LogP contribution in [0.1, 0.15) is 12.5 Å². The van der Waals surface area contributed by atoms with Crippen LogP contribution in [-0.4, -0.2) is 27.2 Å². The highest BCUT2D eigenvalue weighted by molar-refractivity contribution is 5.78. The Labute approximate surface area is 102 Å². The molecule has 0 aliphatic heterocycles. The average Bonchev–Trinajstić information content (AvgIpc) is 2.37. The molecule has 0 aliphatic carbocycles. The lowest BCUT2D eigenvalue weighted by Crippen LogP contribution is -2.26. The van der Waals surface area contributed by atoms with Gasteiger partial charge >= 0.3 is 0 Å². The fraction of sp³-hybridized carbons (Fsp3) is 0.462. The van der Waals surface area contributed by atoms with E-state index in [1.165, 1.54) is 0 Å². The number of carbonyl (C=O) groups excluding carboxylic acids is 1. The summed E-state index contributed by atoms with van der Waals surface area (Å²) in [5.74, 6) is 1.37. The van der Waals surface area contributed by atoms with E-state index >= 15 is 0 Å². The molecule has 4 nitrogen and oxygen atoms in total. The first-order valence-electron chi connectivity index (χ1n) is 5.54. The van der Waals surface area contributed by atoms with Crippen LogP contribution in [0.5, 0.6) is 11.5 Å². The second-order valence-electron chi connectivity index (χ2n) is 3.91. The Morgan fingerprint density at radius 1 is 1.29 bits per heavy atom. The van der Waals surface area contributed by atoms with Gasteiger partial charge in [-0.1, -0.05) is 13.0 Å². The van der Waals surface area contributed by atoms with Crippen molar-refractivity contribution in [3.63, 3.8) is 0 Å². The molecular formula is C13H19NO3. The Balaban J connectivity index is 2.82. The summed E-state index contributed by atoms with van der Waals surface area (Å²) in [6, 6.07) is 5.70. The second-order valence-corrected chi connectivity index (χ2v) is 3.91. The zero-order chi connectivity index (χ0) is 12.8. The van der Waals surface area contributed by atoms with Crippen molar-refractivity contribution in [1.29, 1.82) is 0 Å². The third-order valence-corrected chi connectivity index (χ3v) is 2.68. The van der Waals surface area contributed by atoms with Crippen LogP contribution in [0.3, 0.4) is 0 Å². The molecule has 0 heterocycles. The van der Waals surface area contributed by atoms with E-state index in [1.807, 2.05) is 25.1 Å². The Hall–Kier alpha value is -1.71. The van der Waals surface area contributed by atoms with Gasteiger partial charge < -0.3 is 14.8 Å². The molecule has 0 aliphatic rings. The summed E-state index contributed by atoms with van der Waals surface area (Å²) in [6.07, 6.45) is 0.681. The Kier molecular flexibility index (Phi) is 4.82. The van der Waals surface area contributed by atoms with Crippen LogP contribution in [-0.2, 0) is 11.2 Å². The molecule has 0 radical (unpaired) electrons. The third-order valence-electron chi connectivity index (χ3n) is 2.68. The highest BCUT2D eigenvalue weighted by Gasteiger charge is 2.13. The highest BCUT2D eigenvalue weighted by Crippen LogP contribution is 2.28. The monoisotopic (exact) mass is 237 g/mol. The van der Waals surface area contributed by atoms with Crippen molar-refractivity contribution >= 4 is 5.91 Å². The second kappa shape index (κ2) is 6.13. The molecule has 0 saturated carbocycles. The fourth-order valence-electron chi connectivity index (χ4n) is 1.70. The van der Waals surface area contributed by atoms with Gasteiger partial charge in [0.15, 0.2) is 11.5 Å². The zero-order valence-electron chi connectivity index (χ0n) is 10.7. The van der Waals surface area contributed by atoms with E-state index in [2.05, 4.69) is 5.32 Å². The van der Waals surface area contributed by atoms with Gasteiger partial charge in [-0.2, -0.15) is 0 Å². The van der Waals surface area contributed by atoms with Crippen LogP contribution in [0.15, 0.2) is 18.2 Å². The maximum atomic E-state index is 11.4. The van der Waals surface area contributed by atoms with Crippen molar-refractivity contribution in [3.05, 3.63) is 23.8 Å². The van der Waals surface area contributed by atoms with Gasteiger partial charge in [0, 0.05) is 13.0 Å². The van der Waals surface area contributed by atoms with E-state index in [9.17, 15) is 4.79 Å². The predicted octanol–water partition coefficient (Wildman–Crippen LogP) is 1.63. The summed E-state index contributed by atoms with van der Waals surface area (Å²) >= 11 is 0. The van der Waals surface area contributed by atoms with Crippen LogP contribution in [0.25, 0.3) is 0 Å². The third kappa shape index (κ3) is 3.37. The van der Waals surface area contributed by atoms with Crippen molar-refractivity contribution in [1.82, 2.24) is 5.32 Å². The first-order chi connectivity index (χ1) is 8.12. The molecule has 1 amide bonds. The van der Waals surface area contributed by atoms with Crippen molar-refractivity contribution in [2.75, 3.05) is 21.3 Å². The zero-order valence-corrected chi connectivity index (χ0v) is 10.7. The van der Waals surface area contributed by atoms with Crippen LogP contribution < -0.4 is 14.8 Å². The van der Waals surface area contributed by atoms with Crippen molar-refractivity contribution < 1.29 is 14.3 Å². The quantitative estimate of drug-likeness (QED) is 0.846. The summed E-state index contributed by atoms with van der Waals surface area (Å²) in [7, 11) is 4.85. The van der Waals surface area contributed by atoms with E-state index in [1.54, 1.807) is 21.3 Å². The molecule has 1 unspecified atom stereocenters.